The summed E-state index contributed by atoms with van der Waals surface area (Å²) in [7, 11) is 0. The van der Waals surface area contributed by atoms with Crippen LogP contribution in [0.25, 0.3) is 10.9 Å². The van der Waals surface area contributed by atoms with E-state index < -0.39 is 0 Å². The zero-order valence-corrected chi connectivity index (χ0v) is 14.6. The standard InChI is InChI=1S/C19H23ClN2O2/c20-12-4-3-9-18(23)21-13-11-15-14-6-1-2-7-16(14)22-17(15)8-5-10-19(22)24/h1-2,6-7H,3-5,8-13H2,(H,21,23). The minimum atomic E-state index is 0.0774. The monoisotopic (exact) mass is 346 g/mol. The molecule has 0 aliphatic carbocycles. The van der Waals surface area contributed by atoms with Crippen LogP contribution in [0.4, 0.5) is 0 Å². The van der Waals surface area contributed by atoms with E-state index in [1.165, 1.54) is 5.56 Å². The quantitative estimate of drug-likeness (QED) is 0.614. The zero-order chi connectivity index (χ0) is 16.9. The SMILES string of the molecule is O=C(CCCCCl)NCCc1c2n(c3ccccc13)C(=O)CCC2. The van der Waals surface area contributed by atoms with Crippen LogP contribution in [0.1, 0.15) is 48.2 Å². The van der Waals surface area contributed by atoms with Crippen molar-refractivity contribution in [3.63, 3.8) is 0 Å². The lowest BCUT2D eigenvalue weighted by Gasteiger charge is -2.16. The fraction of sp³-hybridized carbons (Fsp3) is 0.474. The third-order valence-corrected chi connectivity index (χ3v) is 4.89. The van der Waals surface area contributed by atoms with Crippen LogP contribution in [0, 0.1) is 0 Å². The molecule has 4 nitrogen and oxygen atoms in total. The lowest BCUT2D eigenvalue weighted by atomic mass is 10.0. The molecule has 0 unspecified atom stereocenters. The first kappa shape index (κ1) is 17.0. The van der Waals surface area contributed by atoms with Gasteiger partial charge in [0.1, 0.15) is 0 Å². The van der Waals surface area contributed by atoms with E-state index in [0.29, 0.717) is 25.3 Å². The third-order valence-electron chi connectivity index (χ3n) is 4.63. The topological polar surface area (TPSA) is 51.1 Å². The summed E-state index contributed by atoms with van der Waals surface area (Å²) in [6.45, 7) is 0.606. The van der Waals surface area contributed by atoms with Crippen LogP contribution in [0.3, 0.4) is 0 Å². The van der Waals surface area contributed by atoms with Crippen molar-refractivity contribution in [2.75, 3.05) is 12.4 Å². The van der Waals surface area contributed by atoms with E-state index in [1.54, 1.807) is 0 Å². The van der Waals surface area contributed by atoms with Gasteiger partial charge < -0.3 is 5.32 Å². The smallest absolute Gasteiger partial charge is 0.231 e. The number of nitrogens with one attached hydrogen (secondary N) is 1. The number of amides is 1. The second kappa shape index (κ2) is 7.84. The van der Waals surface area contributed by atoms with Crippen molar-refractivity contribution in [2.45, 2.75) is 44.9 Å². The van der Waals surface area contributed by atoms with Gasteiger partial charge in [-0.1, -0.05) is 18.2 Å². The Balaban J connectivity index is 1.73. The highest BCUT2D eigenvalue weighted by Crippen LogP contribution is 2.30. The predicted molar refractivity (Wildman–Crippen MR) is 96.8 cm³/mol. The number of unbranched alkanes of at least 4 members (excludes halogenated alkanes) is 1. The van der Waals surface area contributed by atoms with Crippen LogP contribution in [-0.2, 0) is 17.6 Å². The zero-order valence-electron chi connectivity index (χ0n) is 13.8. The Bertz CT molecular complexity index is 751. The Labute approximate surface area is 147 Å². The van der Waals surface area contributed by atoms with Gasteiger partial charge in [-0.15, -0.1) is 11.6 Å². The van der Waals surface area contributed by atoms with Crippen LogP contribution in [-0.4, -0.2) is 28.8 Å². The average molecular weight is 347 g/mol. The Morgan fingerprint density at radius 1 is 1.21 bits per heavy atom. The molecule has 128 valence electrons. The minimum absolute atomic E-state index is 0.0774. The van der Waals surface area contributed by atoms with Crippen molar-refractivity contribution in [3.05, 3.63) is 35.5 Å². The summed E-state index contributed by atoms with van der Waals surface area (Å²) in [6, 6.07) is 8.06. The molecule has 3 rings (SSSR count). The van der Waals surface area contributed by atoms with Gasteiger partial charge in [-0.25, -0.2) is 0 Å². The summed E-state index contributed by atoms with van der Waals surface area (Å²) in [5.41, 5.74) is 3.34. The van der Waals surface area contributed by atoms with Gasteiger partial charge in [0.2, 0.25) is 11.8 Å². The van der Waals surface area contributed by atoms with Crippen molar-refractivity contribution < 1.29 is 9.59 Å². The van der Waals surface area contributed by atoms with Crippen LogP contribution in [0.5, 0.6) is 0 Å². The van der Waals surface area contributed by atoms with E-state index in [2.05, 4.69) is 11.4 Å². The number of aromatic nitrogens is 1. The maximum Gasteiger partial charge on any atom is 0.231 e. The second-order valence-electron chi connectivity index (χ2n) is 6.27. The lowest BCUT2D eigenvalue weighted by Crippen LogP contribution is -2.26. The summed E-state index contributed by atoms with van der Waals surface area (Å²) < 4.78 is 1.89. The summed E-state index contributed by atoms with van der Waals surface area (Å²) in [6.07, 6.45) is 5.44. The number of benzene rings is 1. The molecule has 0 fully saturated rings. The van der Waals surface area contributed by atoms with Crippen molar-refractivity contribution in [1.29, 1.82) is 0 Å². The summed E-state index contributed by atoms with van der Waals surface area (Å²) in [4.78, 5) is 24.2. The highest BCUT2D eigenvalue weighted by molar-refractivity contribution is 6.17. The largest absolute Gasteiger partial charge is 0.356 e. The molecule has 2 heterocycles. The van der Waals surface area contributed by atoms with Crippen LogP contribution in [0.15, 0.2) is 24.3 Å². The molecule has 0 saturated carbocycles. The van der Waals surface area contributed by atoms with E-state index in [-0.39, 0.29) is 11.8 Å². The number of carbonyl (C=O) groups excluding carboxylic acids is 2. The van der Waals surface area contributed by atoms with Gasteiger partial charge >= 0.3 is 0 Å². The Morgan fingerprint density at radius 2 is 2.04 bits per heavy atom. The summed E-state index contributed by atoms with van der Waals surface area (Å²) in [5.74, 6) is 0.863. The fourth-order valence-electron chi connectivity index (χ4n) is 3.50. The maximum absolute atomic E-state index is 12.3. The molecule has 1 aliphatic rings. The van der Waals surface area contributed by atoms with E-state index in [9.17, 15) is 9.59 Å². The number of halogens is 1. The van der Waals surface area contributed by atoms with Gasteiger partial charge in [-0.2, -0.15) is 0 Å². The summed E-state index contributed by atoms with van der Waals surface area (Å²) in [5, 5.41) is 4.12. The molecular formula is C19H23ClN2O2. The van der Waals surface area contributed by atoms with Crippen LogP contribution in [0.2, 0.25) is 0 Å². The van der Waals surface area contributed by atoms with Gasteiger partial charge in [0, 0.05) is 36.3 Å². The molecule has 0 saturated heterocycles. The lowest BCUT2D eigenvalue weighted by molar-refractivity contribution is -0.121. The molecule has 2 aromatic rings. The number of hydrogen-bond donors (Lipinski definition) is 1. The van der Waals surface area contributed by atoms with Gasteiger partial charge in [0.15, 0.2) is 0 Å². The number of fused-ring (bicyclic) bond motifs is 3. The molecule has 1 amide bonds. The molecule has 5 heteroatoms. The van der Waals surface area contributed by atoms with E-state index in [4.69, 9.17) is 11.6 Å². The molecule has 0 bridgehead atoms. The number of hydrogen-bond acceptors (Lipinski definition) is 2. The van der Waals surface area contributed by atoms with Crippen molar-refractivity contribution in [3.8, 4) is 0 Å². The maximum atomic E-state index is 12.3. The number of carbonyl (C=O) groups is 2. The molecule has 0 spiro atoms. The van der Waals surface area contributed by atoms with Crippen molar-refractivity contribution in [2.24, 2.45) is 0 Å². The minimum Gasteiger partial charge on any atom is -0.356 e. The van der Waals surface area contributed by atoms with Crippen molar-refractivity contribution in [1.82, 2.24) is 9.88 Å². The average Bonchev–Trinajstić information content (AvgIpc) is 2.91. The molecule has 1 aliphatic heterocycles. The number of para-hydroxylation sites is 1. The van der Waals surface area contributed by atoms with Crippen LogP contribution < -0.4 is 5.32 Å². The highest BCUT2D eigenvalue weighted by atomic mass is 35.5. The predicted octanol–water partition coefficient (Wildman–Crippen LogP) is 3.69. The molecular weight excluding hydrogens is 324 g/mol. The Kier molecular flexibility index (Phi) is 5.56. The fourth-order valence-corrected chi connectivity index (χ4v) is 3.69. The first-order valence-electron chi connectivity index (χ1n) is 8.69. The third kappa shape index (κ3) is 3.48. The van der Waals surface area contributed by atoms with Gasteiger partial charge in [-0.3, -0.25) is 14.2 Å². The number of alkyl halides is 1. The van der Waals surface area contributed by atoms with E-state index in [1.807, 2.05) is 22.8 Å². The Morgan fingerprint density at radius 3 is 2.88 bits per heavy atom. The second-order valence-corrected chi connectivity index (χ2v) is 6.65. The highest BCUT2D eigenvalue weighted by Gasteiger charge is 2.24. The molecule has 1 aromatic heterocycles. The van der Waals surface area contributed by atoms with Crippen LogP contribution >= 0.6 is 11.6 Å². The van der Waals surface area contributed by atoms with E-state index in [0.717, 1.165) is 48.7 Å². The molecule has 1 N–H and O–H groups in total. The molecule has 1 aromatic carbocycles. The van der Waals surface area contributed by atoms with E-state index >= 15 is 0 Å². The molecule has 24 heavy (non-hydrogen) atoms. The molecule has 0 atom stereocenters. The first-order chi connectivity index (χ1) is 11.7. The van der Waals surface area contributed by atoms with Crippen molar-refractivity contribution >= 4 is 34.3 Å². The molecule has 0 radical (unpaired) electrons. The number of nitrogens with zero attached hydrogens (tertiary/aromatic N) is 1. The first-order valence-corrected chi connectivity index (χ1v) is 9.23. The van der Waals surface area contributed by atoms with Gasteiger partial charge in [0.05, 0.1) is 5.52 Å². The Hall–Kier alpha value is -1.81. The number of rotatable bonds is 7. The van der Waals surface area contributed by atoms with Gasteiger partial charge in [0.25, 0.3) is 0 Å². The normalized spacial score (nSPS) is 14.0. The summed E-state index contributed by atoms with van der Waals surface area (Å²) >= 11 is 5.63. The van der Waals surface area contributed by atoms with Gasteiger partial charge in [-0.05, 0) is 43.7 Å².